The number of benzene rings is 1. The lowest BCUT2D eigenvalue weighted by molar-refractivity contribution is -0.137. The molecule has 166 valence electrons. The Bertz CT molecular complexity index is 995. The highest BCUT2D eigenvalue weighted by molar-refractivity contribution is 6.31. The summed E-state index contributed by atoms with van der Waals surface area (Å²) in [5.41, 5.74) is 0.761. The third-order valence-corrected chi connectivity index (χ3v) is 5.16. The van der Waals surface area contributed by atoms with Gasteiger partial charge >= 0.3 is 12.2 Å². The molecule has 5 nitrogen and oxygen atoms in total. The molecule has 0 atom stereocenters. The Balaban J connectivity index is 1.63. The smallest absolute Gasteiger partial charge is 0.396 e. The SMILES string of the molecule is O=C(Nc1ccc(C(F)(F)F)c(Cl)c1)N1CC=C(c2ncc(CCCO)cc2F)CC1. The monoisotopic (exact) mass is 457 g/mol. The molecule has 10 heteroatoms. The number of carbonyl (C=O) groups excluding carboxylic acids is 1. The first-order chi connectivity index (χ1) is 14.7. The fourth-order valence-corrected chi connectivity index (χ4v) is 3.52. The Labute approximate surface area is 181 Å². The maximum atomic E-state index is 14.4. The largest absolute Gasteiger partial charge is 0.417 e. The molecule has 0 bridgehead atoms. The third kappa shape index (κ3) is 5.74. The molecular weight excluding hydrogens is 438 g/mol. The molecule has 2 amide bonds. The number of carbonyl (C=O) groups is 1. The molecule has 3 rings (SSSR count). The van der Waals surface area contributed by atoms with Crippen molar-refractivity contribution in [2.75, 3.05) is 25.0 Å². The number of rotatable bonds is 5. The van der Waals surface area contributed by atoms with Crippen LogP contribution in [0, 0.1) is 5.82 Å². The van der Waals surface area contributed by atoms with Crippen molar-refractivity contribution in [2.45, 2.75) is 25.4 Å². The Hall–Kier alpha value is -2.65. The second-order valence-corrected chi connectivity index (χ2v) is 7.46. The topological polar surface area (TPSA) is 65.5 Å². The molecule has 0 unspecified atom stereocenters. The number of urea groups is 1. The fourth-order valence-electron chi connectivity index (χ4n) is 3.23. The molecule has 1 aromatic carbocycles. The molecule has 0 spiro atoms. The fraction of sp³-hybridized carbons (Fsp3) is 0.333. The number of aliphatic hydroxyl groups is 1. The predicted molar refractivity (Wildman–Crippen MR) is 109 cm³/mol. The summed E-state index contributed by atoms with van der Waals surface area (Å²) in [6.45, 7) is 0.507. The number of nitrogens with zero attached hydrogens (tertiary/aromatic N) is 2. The van der Waals surface area contributed by atoms with Gasteiger partial charge in [-0.05, 0) is 54.7 Å². The van der Waals surface area contributed by atoms with E-state index in [9.17, 15) is 22.4 Å². The number of hydrogen-bond acceptors (Lipinski definition) is 3. The van der Waals surface area contributed by atoms with Gasteiger partial charge in [0.2, 0.25) is 0 Å². The molecular formula is C21H20ClF4N3O2. The highest BCUT2D eigenvalue weighted by Gasteiger charge is 2.33. The minimum absolute atomic E-state index is 0.0189. The first kappa shape index (κ1) is 23.0. The van der Waals surface area contributed by atoms with Crippen LogP contribution in [-0.4, -0.2) is 40.7 Å². The first-order valence-electron chi connectivity index (χ1n) is 9.56. The van der Waals surface area contributed by atoms with Gasteiger partial charge in [0, 0.05) is 31.6 Å². The van der Waals surface area contributed by atoms with Crippen molar-refractivity contribution in [2.24, 2.45) is 0 Å². The minimum Gasteiger partial charge on any atom is -0.396 e. The number of pyridine rings is 1. The summed E-state index contributed by atoms with van der Waals surface area (Å²) in [7, 11) is 0. The summed E-state index contributed by atoms with van der Waals surface area (Å²) in [6, 6.07) is 3.89. The summed E-state index contributed by atoms with van der Waals surface area (Å²) in [5.74, 6) is -0.459. The van der Waals surface area contributed by atoms with E-state index in [2.05, 4.69) is 10.3 Å². The highest BCUT2D eigenvalue weighted by Crippen LogP contribution is 2.36. The van der Waals surface area contributed by atoms with E-state index < -0.39 is 28.6 Å². The highest BCUT2D eigenvalue weighted by atomic mass is 35.5. The molecule has 0 aliphatic carbocycles. The number of aliphatic hydroxyl groups excluding tert-OH is 1. The Morgan fingerprint density at radius 3 is 2.65 bits per heavy atom. The van der Waals surface area contributed by atoms with E-state index in [0.717, 1.165) is 18.2 Å². The zero-order valence-corrected chi connectivity index (χ0v) is 17.1. The normalized spacial score (nSPS) is 14.4. The molecule has 31 heavy (non-hydrogen) atoms. The average Bonchev–Trinajstić information content (AvgIpc) is 2.71. The van der Waals surface area contributed by atoms with Crippen molar-refractivity contribution in [3.05, 3.63) is 64.2 Å². The number of nitrogens with one attached hydrogen (secondary N) is 1. The van der Waals surface area contributed by atoms with Gasteiger partial charge in [0.1, 0.15) is 11.5 Å². The van der Waals surface area contributed by atoms with Crippen LogP contribution in [-0.2, 0) is 12.6 Å². The van der Waals surface area contributed by atoms with Gasteiger partial charge in [0.25, 0.3) is 0 Å². The van der Waals surface area contributed by atoms with Crippen molar-refractivity contribution in [3.63, 3.8) is 0 Å². The quantitative estimate of drug-likeness (QED) is 0.611. The summed E-state index contributed by atoms with van der Waals surface area (Å²) in [6.07, 6.45) is 0.123. The summed E-state index contributed by atoms with van der Waals surface area (Å²) < 4.78 is 52.8. The second-order valence-electron chi connectivity index (χ2n) is 7.05. The second kappa shape index (κ2) is 9.65. The van der Waals surface area contributed by atoms with Gasteiger partial charge in [0.15, 0.2) is 0 Å². The van der Waals surface area contributed by atoms with Gasteiger partial charge in [-0.2, -0.15) is 13.2 Å². The van der Waals surface area contributed by atoms with Crippen LogP contribution in [0.3, 0.4) is 0 Å². The number of aryl methyl sites for hydroxylation is 1. The van der Waals surface area contributed by atoms with Crippen LogP contribution in [0.1, 0.15) is 29.7 Å². The zero-order chi connectivity index (χ0) is 22.6. The third-order valence-electron chi connectivity index (χ3n) is 4.85. The van der Waals surface area contributed by atoms with Crippen LogP contribution < -0.4 is 5.32 Å². The molecule has 0 saturated carbocycles. The van der Waals surface area contributed by atoms with E-state index in [1.165, 1.54) is 11.0 Å². The van der Waals surface area contributed by atoms with E-state index in [-0.39, 0.29) is 24.5 Å². The Kier molecular flexibility index (Phi) is 7.17. The number of anilines is 1. The number of alkyl halides is 3. The van der Waals surface area contributed by atoms with E-state index >= 15 is 0 Å². The van der Waals surface area contributed by atoms with Crippen LogP contribution in [0.25, 0.3) is 5.57 Å². The summed E-state index contributed by atoms with van der Waals surface area (Å²) in [5, 5.41) is 10.9. The molecule has 2 N–H and O–H groups in total. The lowest BCUT2D eigenvalue weighted by atomic mass is 10.0. The standard InChI is InChI=1S/C21H20ClF4N3O2/c22-17-11-15(3-4-16(17)21(24,25)26)28-20(31)29-7-5-14(6-8-29)19-18(23)10-13(12-27-19)2-1-9-30/h3-5,10-12,30H,1-2,6-9H2,(H,28,31). The summed E-state index contributed by atoms with van der Waals surface area (Å²) >= 11 is 5.67. The Morgan fingerprint density at radius 2 is 2.06 bits per heavy atom. The number of hydrogen-bond donors (Lipinski definition) is 2. The number of halogens is 5. The molecule has 2 heterocycles. The van der Waals surface area contributed by atoms with E-state index in [1.54, 1.807) is 12.3 Å². The van der Waals surface area contributed by atoms with E-state index in [1.807, 2.05) is 0 Å². The van der Waals surface area contributed by atoms with Crippen LogP contribution >= 0.6 is 11.6 Å². The van der Waals surface area contributed by atoms with Crippen LogP contribution in [0.15, 0.2) is 36.5 Å². The Morgan fingerprint density at radius 1 is 1.29 bits per heavy atom. The average molecular weight is 458 g/mol. The zero-order valence-electron chi connectivity index (χ0n) is 16.3. The van der Waals surface area contributed by atoms with Crippen molar-refractivity contribution in [1.29, 1.82) is 0 Å². The molecule has 0 radical (unpaired) electrons. The van der Waals surface area contributed by atoms with Crippen LogP contribution in [0.5, 0.6) is 0 Å². The maximum Gasteiger partial charge on any atom is 0.417 e. The van der Waals surface area contributed by atoms with Crippen molar-refractivity contribution in [1.82, 2.24) is 9.88 Å². The van der Waals surface area contributed by atoms with Gasteiger partial charge in [-0.15, -0.1) is 0 Å². The van der Waals surface area contributed by atoms with E-state index in [4.69, 9.17) is 16.7 Å². The van der Waals surface area contributed by atoms with E-state index in [0.29, 0.717) is 36.9 Å². The van der Waals surface area contributed by atoms with Crippen LogP contribution in [0.4, 0.5) is 28.0 Å². The lowest BCUT2D eigenvalue weighted by Gasteiger charge is -2.27. The number of aromatic nitrogens is 1. The summed E-state index contributed by atoms with van der Waals surface area (Å²) in [4.78, 5) is 18.1. The van der Waals surface area contributed by atoms with Gasteiger partial charge in [-0.1, -0.05) is 17.7 Å². The first-order valence-corrected chi connectivity index (χ1v) is 9.94. The van der Waals surface area contributed by atoms with Crippen molar-refractivity contribution in [3.8, 4) is 0 Å². The molecule has 2 aromatic rings. The molecule has 1 aliphatic rings. The minimum atomic E-state index is -4.58. The van der Waals surface area contributed by atoms with Crippen LogP contribution in [0.2, 0.25) is 5.02 Å². The molecule has 1 aromatic heterocycles. The van der Waals surface area contributed by atoms with Crippen molar-refractivity contribution >= 4 is 28.9 Å². The maximum absolute atomic E-state index is 14.4. The molecule has 1 aliphatic heterocycles. The van der Waals surface area contributed by atoms with Gasteiger partial charge < -0.3 is 15.3 Å². The molecule has 0 saturated heterocycles. The van der Waals surface area contributed by atoms with Gasteiger partial charge in [-0.25, -0.2) is 9.18 Å². The van der Waals surface area contributed by atoms with Gasteiger partial charge in [-0.3, -0.25) is 4.98 Å². The number of amides is 2. The van der Waals surface area contributed by atoms with Gasteiger partial charge in [0.05, 0.1) is 10.6 Å². The van der Waals surface area contributed by atoms with Crippen molar-refractivity contribution < 1.29 is 27.5 Å². The lowest BCUT2D eigenvalue weighted by Crippen LogP contribution is -2.38. The predicted octanol–water partition coefficient (Wildman–Crippen LogP) is 5.14. The molecule has 0 fully saturated rings.